The number of aliphatic hydroxyl groups is 1. The summed E-state index contributed by atoms with van der Waals surface area (Å²) in [5, 5.41) is 11.3. The van der Waals surface area contributed by atoms with Crippen LogP contribution in [0, 0.1) is 0 Å². The third-order valence-corrected chi connectivity index (χ3v) is 7.21. The molecule has 0 heterocycles. The molecule has 3 heteroatoms. The van der Waals surface area contributed by atoms with Gasteiger partial charge in [-0.1, -0.05) is 136 Å². The van der Waals surface area contributed by atoms with E-state index in [0.29, 0.717) is 23.9 Å². The summed E-state index contributed by atoms with van der Waals surface area (Å²) >= 11 is 0. The number of carbonyl (C=O) groups excluding carboxylic acids is 1. The Hall–Kier alpha value is -0.410. The predicted molar refractivity (Wildman–Crippen MR) is 150 cm³/mol. The molecule has 0 spiro atoms. The van der Waals surface area contributed by atoms with E-state index in [1.807, 2.05) is 0 Å². The molecule has 1 unspecified atom stereocenters. The topological polar surface area (TPSA) is 37.3 Å². The minimum absolute atomic E-state index is 0.0894. The maximum Gasteiger partial charge on any atom is 0.171 e. The molecule has 34 heavy (non-hydrogen) atoms. The van der Waals surface area contributed by atoms with Crippen molar-refractivity contribution in [3.8, 4) is 0 Å². The van der Waals surface area contributed by atoms with E-state index in [0.717, 1.165) is 25.7 Å². The molecular weight excluding hydrogens is 418 g/mol. The van der Waals surface area contributed by atoms with Gasteiger partial charge >= 0.3 is 0 Å². The Labute approximate surface area is 215 Å². The third kappa shape index (κ3) is 20.9. The van der Waals surface area contributed by atoms with Crippen molar-refractivity contribution in [3.63, 3.8) is 0 Å². The van der Waals surface area contributed by atoms with Crippen LogP contribution in [0.1, 0.15) is 162 Å². The summed E-state index contributed by atoms with van der Waals surface area (Å²) < 4.78 is 0.637. The van der Waals surface area contributed by atoms with Crippen molar-refractivity contribution in [1.29, 1.82) is 0 Å². The molecule has 3 nitrogen and oxygen atoms in total. The number of carbonyl (C=O) groups is 1. The minimum atomic E-state index is -1.14. The highest BCUT2D eigenvalue weighted by Gasteiger charge is 2.39. The molecule has 1 atom stereocenters. The van der Waals surface area contributed by atoms with Crippen LogP contribution in [-0.2, 0) is 4.79 Å². The van der Waals surface area contributed by atoms with E-state index in [-0.39, 0.29) is 5.78 Å². The summed E-state index contributed by atoms with van der Waals surface area (Å²) in [7, 11) is 6.25. The molecular formula is C31H64NO2+. The van der Waals surface area contributed by atoms with E-state index in [4.69, 9.17) is 0 Å². The fraction of sp³-hybridized carbons (Fsp3) is 0.968. The van der Waals surface area contributed by atoms with Crippen molar-refractivity contribution in [3.05, 3.63) is 0 Å². The Morgan fingerprint density at radius 3 is 1.24 bits per heavy atom. The van der Waals surface area contributed by atoms with Crippen molar-refractivity contribution < 1.29 is 14.4 Å². The van der Waals surface area contributed by atoms with Crippen molar-refractivity contribution in [2.24, 2.45) is 0 Å². The number of unbranched alkanes of at least 4 members (excludes halogenated alkanes) is 19. The molecule has 0 aliphatic carbocycles. The molecule has 0 aliphatic heterocycles. The van der Waals surface area contributed by atoms with Crippen LogP contribution in [-0.4, -0.2) is 48.7 Å². The van der Waals surface area contributed by atoms with E-state index < -0.39 is 5.60 Å². The molecule has 0 aliphatic rings. The Balaban J connectivity index is 4.05. The Morgan fingerprint density at radius 1 is 0.559 bits per heavy atom. The monoisotopic (exact) mass is 482 g/mol. The number of rotatable bonds is 26. The molecule has 1 N–H and O–H groups in total. The Bertz CT molecular complexity index is 457. The van der Waals surface area contributed by atoms with Gasteiger partial charge in [0.2, 0.25) is 0 Å². The van der Waals surface area contributed by atoms with Gasteiger partial charge in [0.1, 0.15) is 6.54 Å². The number of hydrogen-bond acceptors (Lipinski definition) is 2. The van der Waals surface area contributed by atoms with Gasteiger partial charge < -0.3 is 9.59 Å². The van der Waals surface area contributed by atoms with Gasteiger partial charge in [-0.2, -0.15) is 0 Å². The first kappa shape index (κ1) is 33.6. The quantitative estimate of drug-likeness (QED) is 0.0986. The van der Waals surface area contributed by atoms with Gasteiger partial charge in [0, 0.05) is 6.42 Å². The summed E-state index contributed by atoms with van der Waals surface area (Å²) in [4.78, 5) is 13.0. The lowest BCUT2D eigenvalue weighted by molar-refractivity contribution is -0.875. The maximum absolute atomic E-state index is 13.0. The van der Waals surface area contributed by atoms with E-state index in [1.54, 1.807) is 0 Å². The highest BCUT2D eigenvalue weighted by atomic mass is 16.3. The molecule has 204 valence electrons. The molecule has 0 aromatic carbocycles. The van der Waals surface area contributed by atoms with Crippen LogP contribution in [0.25, 0.3) is 0 Å². The number of Topliss-reactive ketones (excluding diaryl/α,β-unsaturated/α-hetero) is 1. The fourth-order valence-corrected chi connectivity index (χ4v) is 5.18. The first-order valence-corrected chi connectivity index (χ1v) is 15.3. The Kier molecular flexibility index (Phi) is 21.6. The van der Waals surface area contributed by atoms with Crippen molar-refractivity contribution in [2.45, 2.75) is 167 Å². The van der Waals surface area contributed by atoms with Gasteiger partial charge in [0.05, 0.1) is 21.1 Å². The zero-order chi connectivity index (χ0) is 25.5. The SMILES string of the molecule is CCCCCCCCCCCCCCC(O)(C[N+](C)(C)C)C(=O)CCCCCCCCCCC. The summed E-state index contributed by atoms with van der Waals surface area (Å²) in [6, 6.07) is 0. The van der Waals surface area contributed by atoms with Gasteiger partial charge in [-0.15, -0.1) is 0 Å². The second kappa shape index (κ2) is 21.8. The number of quaternary nitrogens is 1. The molecule has 0 fully saturated rings. The smallest absolute Gasteiger partial charge is 0.171 e. The van der Waals surface area contributed by atoms with Crippen LogP contribution >= 0.6 is 0 Å². The fourth-order valence-electron chi connectivity index (χ4n) is 5.18. The molecule has 0 radical (unpaired) electrons. The van der Waals surface area contributed by atoms with Gasteiger partial charge in [-0.05, 0) is 19.3 Å². The molecule has 0 amide bonds. The van der Waals surface area contributed by atoms with Crippen LogP contribution in [0.3, 0.4) is 0 Å². The lowest BCUT2D eigenvalue weighted by Crippen LogP contribution is -2.53. The van der Waals surface area contributed by atoms with Gasteiger partial charge in [-0.25, -0.2) is 0 Å². The highest BCUT2D eigenvalue weighted by Crippen LogP contribution is 2.23. The first-order chi connectivity index (χ1) is 16.2. The first-order valence-electron chi connectivity index (χ1n) is 15.3. The average Bonchev–Trinajstić information content (AvgIpc) is 2.77. The standard InChI is InChI=1S/C31H64NO2/c1-6-8-10-12-14-16-17-18-20-22-24-26-28-31(34,29-32(3,4)5)30(33)27-25-23-21-19-15-13-11-9-7-2/h34H,6-29H2,1-5H3/q+1. The van der Waals surface area contributed by atoms with Crippen molar-refractivity contribution in [2.75, 3.05) is 27.7 Å². The predicted octanol–water partition coefficient (Wildman–Crippen LogP) is 9.00. The summed E-state index contributed by atoms with van der Waals surface area (Å²) in [5.74, 6) is 0.0894. The third-order valence-electron chi connectivity index (χ3n) is 7.21. The maximum atomic E-state index is 13.0. The number of likely N-dealkylation sites (N-methyl/N-ethyl adjacent to an activating group) is 1. The molecule has 0 aromatic heterocycles. The van der Waals surface area contributed by atoms with Crippen LogP contribution in [0.5, 0.6) is 0 Å². The van der Waals surface area contributed by atoms with E-state index in [2.05, 4.69) is 35.0 Å². The number of nitrogens with zero attached hydrogens (tertiary/aromatic N) is 1. The van der Waals surface area contributed by atoms with E-state index >= 15 is 0 Å². The highest BCUT2D eigenvalue weighted by molar-refractivity contribution is 5.87. The summed E-state index contributed by atoms with van der Waals surface area (Å²) in [6.45, 7) is 5.06. The lowest BCUT2D eigenvalue weighted by atomic mass is 9.87. The van der Waals surface area contributed by atoms with Gasteiger partial charge in [0.15, 0.2) is 11.4 Å². The zero-order valence-electron chi connectivity index (χ0n) is 24.3. The molecule has 0 bridgehead atoms. The van der Waals surface area contributed by atoms with Crippen LogP contribution in [0.4, 0.5) is 0 Å². The van der Waals surface area contributed by atoms with Gasteiger partial charge in [0.25, 0.3) is 0 Å². The molecule has 0 saturated heterocycles. The van der Waals surface area contributed by atoms with Crippen molar-refractivity contribution in [1.82, 2.24) is 0 Å². The molecule has 0 aromatic rings. The zero-order valence-corrected chi connectivity index (χ0v) is 24.3. The second-order valence-corrected chi connectivity index (χ2v) is 12.1. The molecule has 0 rings (SSSR count). The van der Waals surface area contributed by atoms with Crippen LogP contribution in [0.15, 0.2) is 0 Å². The lowest BCUT2D eigenvalue weighted by Gasteiger charge is -2.34. The van der Waals surface area contributed by atoms with Crippen molar-refractivity contribution >= 4 is 5.78 Å². The normalized spacial score (nSPS) is 13.8. The largest absolute Gasteiger partial charge is 0.377 e. The summed E-state index contributed by atoms with van der Waals surface area (Å²) in [5.41, 5.74) is -1.14. The Morgan fingerprint density at radius 2 is 0.882 bits per heavy atom. The van der Waals surface area contributed by atoms with E-state index in [1.165, 1.54) is 109 Å². The van der Waals surface area contributed by atoms with Crippen LogP contribution < -0.4 is 0 Å². The van der Waals surface area contributed by atoms with E-state index in [9.17, 15) is 9.90 Å². The molecule has 0 saturated carbocycles. The summed E-state index contributed by atoms with van der Waals surface area (Å²) in [6.07, 6.45) is 28.2. The van der Waals surface area contributed by atoms with Crippen LogP contribution in [0.2, 0.25) is 0 Å². The number of ketones is 1. The second-order valence-electron chi connectivity index (χ2n) is 12.1. The minimum Gasteiger partial charge on any atom is -0.377 e. The van der Waals surface area contributed by atoms with Gasteiger partial charge in [-0.3, -0.25) is 4.79 Å². The average molecular weight is 483 g/mol. The number of hydrogen-bond donors (Lipinski definition) is 1.